The number of hydrogen-bond acceptors (Lipinski definition) is 2. The molecule has 0 bridgehead atoms. The van der Waals surface area contributed by atoms with Gasteiger partial charge in [0.25, 0.3) is 0 Å². The van der Waals surface area contributed by atoms with Crippen LogP contribution in [0.3, 0.4) is 0 Å². The first-order chi connectivity index (χ1) is 11.1. The Hall–Kier alpha value is -1.83. The van der Waals surface area contributed by atoms with Gasteiger partial charge >= 0.3 is 0 Å². The molecule has 2 aromatic rings. The third kappa shape index (κ3) is 6.35. The van der Waals surface area contributed by atoms with Gasteiger partial charge in [-0.1, -0.05) is 24.3 Å². The van der Waals surface area contributed by atoms with Gasteiger partial charge in [-0.25, -0.2) is 4.39 Å². The Bertz CT molecular complexity index is 676. The van der Waals surface area contributed by atoms with E-state index in [4.69, 9.17) is 5.73 Å². The first-order valence-electron chi connectivity index (χ1n) is 7.65. The van der Waals surface area contributed by atoms with Crippen molar-refractivity contribution >= 4 is 41.3 Å². The highest BCUT2D eigenvalue weighted by molar-refractivity contribution is 14.0. The number of aryl methyl sites for hydroxylation is 1. The number of nitrogens with zero attached hydrogens (tertiary/aromatic N) is 2. The minimum absolute atomic E-state index is 0. The fourth-order valence-electron chi connectivity index (χ4n) is 2.30. The molecule has 0 spiro atoms. The van der Waals surface area contributed by atoms with E-state index in [0.29, 0.717) is 24.7 Å². The number of rotatable bonds is 6. The zero-order valence-corrected chi connectivity index (χ0v) is 16.3. The summed E-state index contributed by atoms with van der Waals surface area (Å²) >= 11 is 0. The van der Waals surface area contributed by atoms with E-state index in [0.717, 1.165) is 17.7 Å². The van der Waals surface area contributed by atoms with Gasteiger partial charge in [-0.05, 0) is 43.2 Å². The van der Waals surface area contributed by atoms with E-state index in [2.05, 4.69) is 10.3 Å². The molecule has 0 aliphatic rings. The maximum atomic E-state index is 13.7. The zero-order chi connectivity index (χ0) is 16.7. The lowest BCUT2D eigenvalue weighted by molar-refractivity contribution is 0.620. The fourth-order valence-corrected chi connectivity index (χ4v) is 2.30. The molecule has 0 saturated heterocycles. The minimum atomic E-state index is -0.209. The van der Waals surface area contributed by atoms with E-state index in [1.165, 1.54) is 6.07 Å². The van der Waals surface area contributed by atoms with Gasteiger partial charge in [0.1, 0.15) is 5.82 Å². The topological polar surface area (TPSA) is 53.6 Å². The van der Waals surface area contributed by atoms with Gasteiger partial charge in [-0.2, -0.15) is 0 Å². The van der Waals surface area contributed by atoms with Crippen LogP contribution in [0.2, 0.25) is 0 Å². The van der Waals surface area contributed by atoms with E-state index in [1.54, 1.807) is 12.1 Å². The number of nitrogens with one attached hydrogen (secondary N) is 1. The van der Waals surface area contributed by atoms with Crippen LogP contribution >= 0.6 is 24.0 Å². The second kappa shape index (κ2) is 10.1. The van der Waals surface area contributed by atoms with E-state index < -0.39 is 0 Å². The number of nitrogens with two attached hydrogens (primary N) is 1. The van der Waals surface area contributed by atoms with Gasteiger partial charge in [-0.15, -0.1) is 24.0 Å². The summed E-state index contributed by atoms with van der Waals surface area (Å²) in [5.41, 5.74) is 8.56. The van der Waals surface area contributed by atoms with Gasteiger partial charge in [0.05, 0.1) is 5.69 Å². The molecule has 6 heteroatoms. The predicted molar refractivity (Wildman–Crippen MR) is 111 cm³/mol. The first kappa shape index (κ1) is 20.2. The Labute approximate surface area is 160 Å². The van der Waals surface area contributed by atoms with Crippen molar-refractivity contribution in [3.8, 4) is 0 Å². The monoisotopic (exact) mass is 442 g/mol. The van der Waals surface area contributed by atoms with Crippen molar-refractivity contribution in [1.29, 1.82) is 0 Å². The van der Waals surface area contributed by atoms with Gasteiger partial charge in [-0.3, -0.25) is 4.99 Å². The van der Waals surface area contributed by atoms with Crippen molar-refractivity contribution in [3.63, 3.8) is 0 Å². The number of benzene rings is 2. The zero-order valence-electron chi connectivity index (χ0n) is 14.0. The van der Waals surface area contributed by atoms with E-state index in [-0.39, 0.29) is 29.8 Å². The molecular formula is C18H24FIN4. The number of halogens is 2. The molecule has 3 N–H and O–H groups in total. The maximum Gasteiger partial charge on any atom is 0.193 e. The summed E-state index contributed by atoms with van der Waals surface area (Å²) in [5.74, 6) is 0.184. The van der Waals surface area contributed by atoms with Gasteiger partial charge < -0.3 is 16.0 Å². The standard InChI is InChI=1S/C18H23FN4.HI/c1-14-7-5-8-15(13-14)22-18(20)21-11-6-12-23(2)17-10-4-3-9-16(17)19;/h3-5,7-10,13H,6,11-12H2,1-2H3,(H3,20,21,22);1H. The van der Waals surface area contributed by atoms with Gasteiger partial charge in [0.15, 0.2) is 5.96 Å². The predicted octanol–water partition coefficient (Wildman–Crippen LogP) is 4.01. The molecule has 0 radical (unpaired) electrons. The molecule has 2 aromatic carbocycles. The molecule has 0 saturated carbocycles. The lowest BCUT2D eigenvalue weighted by Gasteiger charge is -2.19. The molecule has 24 heavy (non-hydrogen) atoms. The molecule has 2 rings (SSSR count). The summed E-state index contributed by atoms with van der Waals surface area (Å²) in [6, 6.07) is 14.7. The van der Waals surface area contributed by atoms with Crippen molar-refractivity contribution in [2.45, 2.75) is 13.3 Å². The number of anilines is 2. The molecule has 0 heterocycles. The van der Waals surface area contributed by atoms with E-state index in [1.807, 2.05) is 49.2 Å². The highest BCUT2D eigenvalue weighted by Crippen LogP contribution is 2.16. The molecule has 0 aliphatic heterocycles. The van der Waals surface area contributed by atoms with Crippen molar-refractivity contribution in [3.05, 3.63) is 59.9 Å². The van der Waals surface area contributed by atoms with Crippen LogP contribution in [0.1, 0.15) is 12.0 Å². The van der Waals surface area contributed by atoms with Crippen LogP contribution < -0.4 is 16.0 Å². The quantitative estimate of drug-likeness (QED) is 0.308. The molecule has 0 atom stereocenters. The molecule has 0 fully saturated rings. The Morgan fingerprint density at radius 1 is 1.21 bits per heavy atom. The summed E-state index contributed by atoms with van der Waals surface area (Å²) < 4.78 is 13.7. The summed E-state index contributed by atoms with van der Waals surface area (Å²) in [6.07, 6.45) is 0.793. The first-order valence-corrected chi connectivity index (χ1v) is 7.65. The Morgan fingerprint density at radius 2 is 1.96 bits per heavy atom. The third-order valence-corrected chi connectivity index (χ3v) is 3.49. The third-order valence-electron chi connectivity index (χ3n) is 3.49. The average molecular weight is 442 g/mol. The Kier molecular flexibility index (Phi) is 8.53. The van der Waals surface area contributed by atoms with Crippen molar-refractivity contribution in [2.75, 3.05) is 30.4 Å². The largest absolute Gasteiger partial charge is 0.372 e. The lowest BCUT2D eigenvalue weighted by Crippen LogP contribution is -2.24. The molecule has 4 nitrogen and oxygen atoms in total. The highest BCUT2D eigenvalue weighted by atomic mass is 127. The number of aliphatic imine (C=N–C) groups is 1. The van der Waals surface area contributed by atoms with Crippen LogP contribution in [0.15, 0.2) is 53.5 Å². The smallest absolute Gasteiger partial charge is 0.193 e. The SMILES string of the molecule is Cc1cccc(NC(N)=NCCCN(C)c2ccccc2F)c1.I. The van der Waals surface area contributed by atoms with Crippen molar-refractivity contribution < 1.29 is 4.39 Å². The van der Waals surface area contributed by atoms with E-state index >= 15 is 0 Å². The normalized spacial score (nSPS) is 10.9. The number of para-hydroxylation sites is 1. The molecule has 0 aromatic heterocycles. The molecule has 130 valence electrons. The fraction of sp³-hybridized carbons (Fsp3) is 0.278. The van der Waals surface area contributed by atoms with Crippen LogP contribution in [0.4, 0.5) is 15.8 Å². The molecule has 0 aliphatic carbocycles. The highest BCUT2D eigenvalue weighted by Gasteiger charge is 2.05. The lowest BCUT2D eigenvalue weighted by atomic mass is 10.2. The molecular weight excluding hydrogens is 418 g/mol. The van der Waals surface area contributed by atoms with Crippen LogP contribution in [0, 0.1) is 12.7 Å². The number of hydrogen-bond donors (Lipinski definition) is 2. The average Bonchev–Trinajstić information content (AvgIpc) is 2.52. The van der Waals surface area contributed by atoms with Crippen LogP contribution in [0.5, 0.6) is 0 Å². The maximum absolute atomic E-state index is 13.7. The summed E-state index contributed by atoms with van der Waals surface area (Å²) in [4.78, 5) is 6.18. The summed E-state index contributed by atoms with van der Waals surface area (Å²) in [5, 5.41) is 3.07. The molecule has 0 amide bonds. The summed E-state index contributed by atoms with van der Waals surface area (Å²) in [7, 11) is 1.87. The van der Waals surface area contributed by atoms with Gasteiger partial charge in [0, 0.05) is 25.8 Å². The second-order valence-corrected chi connectivity index (χ2v) is 5.49. The van der Waals surface area contributed by atoms with Crippen molar-refractivity contribution in [1.82, 2.24) is 0 Å². The van der Waals surface area contributed by atoms with Crippen LogP contribution in [-0.2, 0) is 0 Å². The Balaban J connectivity index is 0.00000288. The second-order valence-electron chi connectivity index (χ2n) is 5.49. The summed E-state index contributed by atoms with van der Waals surface area (Å²) in [6.45, 7) is 3.32. The number of guanidine groups is 1. The van der Waals surface area contributed by atoms with E-state index in [9.17, 15) is 4.39 Å². The van der Waals surface area contributed by atoms with Crippen molar-refractivity contribution in [2.24, 2.45) is 10.7 Å². The van der Waals surface area contributed by atoms with Crippen LogP contribution in [0.25, 0.3) is 0 Å². The minimum Gasteiger partial charge on any atom is -0.372 e. The molecule has 0 unspecified atom stereocenters. The van der Waals surface area contributed by atoms with Crippen LogP contribution in [-0.4, -0.2) is 26.1 Å². The van der Waals surface area contributed by atoms with Gasteiger partial charge in [0.2, 0.25) is 0 Å². The Morgan fingerprint density at radius 3 is 2.67 bits per heavy atom.